The Labute approximate surface area is 110 Å². The Bertz CT molecular complexity index is 145. The number of hydrogen-bond acceptors (Lipinski definition) is 3. The number of esters is 1. The van der Waals surface area contributed by atoms with Crippen molar-refractivity contribution in [1.29, 1.82) is 0 Å². The fourth-order valence-corrected chi connectivity index (χ4v) is 1.10. The number of carbonyl (C=O) groups is 1. The van der Waals surface area contributed by atoms with Crippen LogP contribution < -0.4 is 29.6 Å². The molecular weight excluding hydrogens is 191 g/mol. The van der Waals surface area contributed by atoms with Crippen LogP contribution in [0.2, 0.25) is 0 Å². The molecule has 1 unspecified atom stereocenters. The van der Waals surface area contributed by atoms with Gasteiger partial charge in [0.2, 0.25) is 0 Å². The standard InChI is InChI=1S/C10H20O3.Na.H/c1-3-4-5-6-7-10(12)8-13-9(2)11;;/h10,12H,3-8H2,1-2H3;;/q;+1;-1. The molecule has 80 valence electrons. The second-order valence-corrected chi connectivity index (χ2v) is 3.31. The van der Waals surface area contributed by atoms with Gasteiger partial charge >= 0.3 is 35.5 Å². The molecule has 0 saturated heterocycles. The molecular formula is C10H21NaO3. The molecule has 3 nitrogen and oxygen atoms in total. The van der Waals surface area contributed by atoms with E-state index < -0.39 is 6.10 Å². The number of rotatable bonds is 7. The molecule has 0 aliphatic carbocycles. The second-order valence-electron chi connectivity index (χ2n) is 3.31. The third kappa shape index (κ3) is 12.4. The van der Waals surface area contributed by atoms with Gasteiger partial charge in [-0.3, -0.25) is 4.79 Å². The molecule has 0 aromatic carbocycles. The summed E-state index contributed by atoms with van der Waals surface area (Å²) in [5.74, 6) is -0.326. The summed E-state index contributed by atoms with van der Waals surface area (Å²) in [5, 5.41) is 9.32. The first-order chi connectivity index (χ1) is 6.16. The summed E-state index contributed by atoms with van der Waals surface area (Å²) in [6.45, 7) is 3.64. The molecule has 14 heavy (non-hydrogen) atoms. The Morgan fingerprint density at radius 2 is 2.07 bits per heavy atom. The van der Waals surface area contributed by atoms with Crippen molar-refractivity contribution in [3.63, 3.8) is 0 Å². The van der Waals surface area contributed by atoms with Crippen molar-refractivity contribution in [2.45, 2.75) is 52.1 Å². The molecule has 1 atom stereocenters. The van der Waals surface area contributed by atoms with Gasteiger partial charge in [0.05, 0.1) is 6.10 Å². The summed E-state index contributed by atoms with van der Waals surface area (Å²) in [6.07, 6.45) is 4.80. The molecule has 0 bridgehead atoms. The van der Waals surface area contributed by atoms with Crippen molar-refractivity contribution in [2.24, 2.45) is 0 Å². The van der Waals surface area contributed by atoms with Crippen molar-refractivity contribution in [3.05, 3.63) is 0 Å². The average Bonchev–Trinajstić information content (AvgIpc) is 2.09. The van der Waals surface area contributed by atoms with Crippen molar-refractivity contribution in [1.82, 2.24) is 0 Å². The monoisotopic (exact) mass is 212 g/mol. The number of ether oxygens (including phenoxy) is 1. The van der Waals surface area contributed by atoms with E-state index >= 15 is 0 Å². The third-order valence-electron chi connectivity index (χ3n) is 1.87. The normalized spacial score (nSPS) is 11.6. The number of aliphatic hydroxyl groups excluding tert-OH is 1. The van der Waals surface area contributed by atoms with Gasteiger partial charge in [0, 0.05) is 6.92 Å². The van der Waals surface area contributed by atoms with Crippen LogP contribution in [0.1, 0.15) is 47.4 Å². The Morgan fingerprint density at radius 3 is 2.57 bits per heavy atom. The van der Waals surface area contributed by atoms with E-state index in [0.717, 1.165) is 19.3 Å². The van der Waals surface area contributed by atoms with Crippen LogP contribution >= 0.6 is 0 Å². The molecule has 0 rings (SSSR count). The predicted octanol–water partition coefficient (Wildman–Crippen LogP) is -1.00. The van der Waals surface area contributed by atoms with E-state index in [-0.39, 0.29) is 43.6 Å². The molecule has 0 aliphatic heterocycles. The molecule has 0 radical (unpaired) electrons. The van der Waals surface area contributed by atoms with Gasteiger partial charge in [-0.25, -0.2) is 0 Å². The van der Waals surface area contributed by atoms with Crippen molar-refractivity contribution in [2.75, 3.05) is 6.61 Å². The molecule has 0 amide bonds. The van der Waals surface area contributed by atoms with Gasteiger partial charge in [0.1, 0.15) is 6.61 Å². The largest absolute Gasteiger partial charge is 1.00 e. The van der Waals surface area contributed by atoms with Gasteiger partial charge in [0.15, 0.2) is 0 Å². The topological polar surface area (TPSA) is 46.5 Å². The predicted molar refractivity (Wildman–Crippen MR) is 52.5 cm³/mol. The summed E-state index contributed by atoms with van der Waals surface area (Å²) < 4.78 is 4.67. The van der Waals surface area contributed by atoms with Gasteiger partial charge in [-0.1, -0.05) is 32.6 Å². The van der Waals surface area contributed by atoms with Crippen LogP contribution in [0.15, 0.2) is 0 Å². The van der Waals surface area contributed by atoms with Crippen LogP contribution in [-0.2, 0) is 9.53 Å². The first-order valence-corrected chi connectivity index (χ1v) is 4.98. The van der Waals surface area contributed by atoms with Gasteiger partial charge in [-0.2, -0.15) is 0 Å². The van der Waals surface area contributed by atoms with Crippen molar-refractivity contribution < 1.29 is 45.6 Å². The van der Waals surface area contributed by atoms with Gasteiger partial charge < -0.3 is 11.3 Å². The van der Waals surface area contributed by atoms with Gasteiger partial charge in [0.25, 0.3) is 0 Å². The number of hydrogen-bond donors (Lipinski definition) is 1. The SMILES string of the molecule is CCCCCCC(O)COC(C)=O.[H-].[Na+]. The number of aliphatic hydroxyl groups is 1. The van der Waals surface area contributed by atoms with Crippen LogP contribution in [0, 0.1) is 0 Å². The molecule has 0 aromatic rings. The molecule has 0 aliphatic rings. The van der Waals surface area contributed by atoms with Gasteiger partial charge in [-0.15, -0.1) is 0 Å². The molecule has 0 saturated carbocycles. The van der Waals surface area contributed by atoms with Crippen LogP contribution in [0.25, 0.3) is 0 Å². The summed E-state index contributed by atoms with van der Waals surface area (Å²) in [7, 11) is 0. The molecule has 0 heterocycles. The maximum absolute atomic E-state index is 10.4. The molecule has 0 aromatic heterocycles. The summed E-state index contributed by atoms with van der Waals surface area (Å²) in [4.78, 5) is 10.4. The second kappa shape index (κ2) is 11.5. The number of unbranched alkanes of at least 4 members (excludes halogenated alkanes) is 3. The van der Waals surface area contributed by atoms with Crippen molar-refractivity contribution in [3.8, 4) is 0 Å². The van der Waals surface area contributed by atoms with Crippen LogP contribution in [0.3, 0.4) is 0 Å². The minimum absolute atomic E-state index is 0. The number of carbonyl (C=O) groups excluding carboxylic acids is 1. The molecule has 4 heteroatoms. The Morgan fingerprint density at radius 1 is 1.43 bits per heavy atom. The summed E-state index contributed by atoms with van der Waals surface area (Å²) in [5.41, 5.74) is 0. The Balaban J connectivity index is -0.000000720. The smallest absolute Gasteiger partial charge is 1.00 e. The summed E-state index contributed by atoms with van der Waals surface area (Å²) >= 11 is 0. The van der Waals surface area contributed by atoms with Gasteiger partial charge in [-0.05, 0) is 6.42 Å². The van der Waals surface area contributed by atoms with E-state index in [2.05, 4.69) is 11.7 Å². The molecule has 0 fully saturated rings. The van der Waals surface area contributed by atoms with E-state index in [4.69, 9.17) is 0 Å². The minimum Gasteiger partial charge on any atom is -1.00 e. The van der Waals surface area contributed by atoms with Crippen LogP contribution in [0.5, 0.6) is 0 Å². The Kier molecular flexibility index (Phi) is 13.8. The first-order valence-electron chi connectivity index (χ1n) is 4.98. The fraction of sp³-hybridized carbons (Fsp3) is 0.900. The van der Waals surface area contributed by atoms with Crippen LogP contribution in [0.4, 0.5) is 0 Å². The van der Waals surface area contributed by atoms with E-state index in [9.17, 15) is 9.90 Å². The maximum atomic E-state index is 10.4. The first kappa shape index (κ1) is 16.8. The fourth-order valence-electron chi connectivity index (χ4n) is 1.10. The molecule has 1 N–H and O–H groups in total. The van der Waals surface area contributed by atoms with E-state index in [1.165, 1.54) is 19.8 Å². The van der Waals surface area contributed by atoms with E-state index in [0.29, 0.717) is 0 Å². The Hall–Kier alpha value is 0.430. The zero-order chi connectivity index (χ0) is 10.1. The zero-order valence-electron chi connectivity index (χ0n) is 10.6. The van der Waals surface area contributed by atoms with E-state index in [1.807, 2.05) is 0 Å². The van der Waals surface area contributed by atoms with Crippen molar-refractivity contribution >= 4 is 5.97 Å². The minimum atomic E-state index is -0.485. The average molecular weight is 212 g/mol. The molecule has 0 spiro atoms. The zero-order valence-corrected chi connectivity index (χ0v) is 11.6. The quantitative estimate of drug-likeness (QED) is 0.334. The van der Waals surface area contributed by atoms with Crippen LogP contribution in [-0.4, -0.2) is 23.8 Å². The summed E-state index contributed by atoms with van der Waals surface area (Å²) in [6, 6.07) is 0. The third-order valence-corrected chi connectivity index (χ3v) is 1.87. The van der Waals surface area contributed by atoms with E-state index in [1.54, 1.807) is 0 Å². The maximum Gasteiger partial charge on any atom is 1.00 e.